The van der Waals surface area contributed by atoms with Gasteiger partial charge in [0.1, 0.15) is 5.75 Å². The van der Waals surface area contributed by atoms with Gasteiger partial charge in [0.05, 0.1) is 18.2 Å². The van der Waals surface area contributed by atoms with Crippen LogP contribution in [0.25, 0.3) is 33.2 Å². The Morgan fingerprint density at radius 3 is 2.19 bits per heavy atom. The van der Waals surface area contributed by atoms with Crippen LogP contribution < -0.4 is 10.3 Å². The summed E-state index contributed by atoms with van der Waals surface area (Å²) in [4.78, 5) is 13.3. The monoisotopic (exact) mass is 341 g/mol. The number of para-hydroxylation sites is 2. The zero-order valence-corrected chi connectivity index (χ0v) is 14.8. The van der Waals surface area contributed by atoms with Crippen molar-refractivity contribution in [1.82, 2.24) is 4.57 Å². The van der Waals surface area contributed by atoms with Crippen molar-refractivity contribution >= 4 is 10.9 Å². The maximum atomic E-state index is 13.3. The molecule has 4 rings (SSSR count). The third-order valence-electron chi connectivity index (χ3n) is 4.74. The summed E-state index contributed by atoms with van der Waals surface area (Å²) in [5, 5.41) is 1.03. The Labute approximate surface area is 152 Å². The molecule has 0 N–H and O–H groups in total. The second kappa shape index (κ2) is 6.52. The van der Waals surface area contributed by atoms with Crippen LogP contribution in [-0.4, -0.2) is 11.7 Å². The van der Waals surface area contributed by atoms with Gasteiger partial charge < -0.3 is 9.30 Å². The third kappa shape index (κ3) is 2.49. The van der Waals surface area contributed by atoms with Gasteiger partial charge in [-0.3, -0.25) is 4.79 Å². The minimum atomic E-state index is -0.0178. The molecule has 0 unspecified atom stereocenters. The van der Waals surface area contributed by atoms with Gasteiger partial charge in [-0.1, -0.05) is 66.7 Å². The molecule has 0 radical (unpaired) electrons. The highest BCUT2D eigenvalue weighted by Gasteiger charge is 2.20. The van der Waals surface area contributed by atoms with Crippen LogP contribution in [0.4, 0.5) is 0 Å². The average Bonchev–Trinajstić information content (AvgIpc) is 2.71. The summed E-state index contributed by atoms with van der Waals surface area (Å²) in [6.07, 6.45) is 0. The lowest BCUT2D eigenvalue weighted by Gasteiger charge is -2.18. The highest BCUT2D eigenvalue weighted by molar-refractivity contribution is 6.03. The topological polar surface area (TPSA) is 31.2 Å². The number of pyridine rings is 1. The van der Waals surface area contributed by atoms with E-state index < -0.39 is 0 Å². The van der Waals surface area contributed by atoms with Crippen molar-refractivity contribution < 1.29 is 4.74 Å². The minimum absolute atomic E-state index is 0.0178. The molecule has 0 aliphatic heterocycles. The minimum Gasteiger partial charge on any atom is -0.496 e. The third-order valence-corrected chi connectivity index (χ3v) is 4.74. The lowest BCUT2D eigenvalue weighted by molar-refractivity contribution is 0.416. The first-order valence-corrected chi connectivity index (χ1v) is 8.53. The summed E-state index contributed by atoms with van der Waals surface area (Å²) in [7, 11) is 3.48. The predicted molar refractivity (Wildman–Crippen MR) is 107 cm³/mol. The predicted octanol–water partition coefficient (Wildman–Crippen LogP) is 4.88. The quantitative estimate of drug-likeness (QED) is 0.532. The number of rotatable bonds is 3. The molecular weight excluding hydrogens is 322 g/mol. The molecule has 3 heteroatoms. The van der Waals surface area contributed by atoms with E-state index in [1.807, 2.05) is 79.8 Å². The molecule has 0 aliphatic rings. The SMILES string of the molecule is COc1ccccc1-c1c(-c2ccccc2)c(=O)n(C)c2ccccc12. The Kier molecular flexibility index (Phi) is 4.05. The molecule has 0 aliphatic carbocycles. The fourth-order valence-corrected chi connectivity index (χ4v) is 3.50. The van der Waals surface area contributed by atoms with E-state index >= 15 is 0 Å². The summed E-state index contributed by atoms with van der Waals surface area (Å²) in [5.41, 5.74) is 4.31. The van der Waals surface area contributed by atoms with E-state index in [1.165, 1.54) is 0 Å². The van der Waals surface area contributed by atoms with Crippen LogP contribution in [0, 0.1) is 0 Å². The van der Waals surface area contributed by atoms with Crippen molar-refractivity contribution in [2.75, 3.05) is 7.11 Å². The van der Waals surface area contributed by atoms with Gasteiger partial charge in [-0.25, -0.2) is 0 Å². The maximum Gasteiger partial charge on any atom is 0.259 e. The highest BCUT2D eigenvalue weighted by atomic mass is 16.5. The number of methoxy groups -OCH3 is 1. The van der Waals surface area contributed by atoms with Gasteiger partial charge in [0.15, 0.2) is 0 Å². The first-order valence-electron chi connectivity index (χ1n) is 8.53. The fraction of sp³-hybridized carbons (Fsp3) is 0.0870. The molecule has 1 heterocycles. The Hall–Kier alpha value is -3.33. The molecule has 0 amide bonds. The zero-order valence-electron chi connectivity index (χ0n) is 14.8. The number of benzene rings is 3. The standard InChI is InChI=1S/C23H19NO2/c1-24-19-14-8-6-12-17(19)22(18-13-7-9-15-20(18)26-2)21(23(24)25)16-10-4-3-5-11-16/h3-15H,1-2H3. The summed E-state index contributed by atoms with van der Waals surface area (Å²) in [6, 6.07) is 25.7. The zero-order chi connectivity index (χ0) is 18.1. The molecule has 3 aromatic carbocycles. The van der Waals surface area contributed by atoms with Crippen molar-refractivity contribution in [3.63, 3.8) is 0 Å². The van der Waals surface area contributed by atoms with Crippen molar-refractivity contribution in [2.24, 2.45) is 7.05 Å². The molecule has 0 saturated heterocycles. The van der Waals surface area contributed by atoms with E-state index in [0.29, 0.717) is 5.56 Å². The molecule has 4 aromatic rings. The number of aromatic nitrogens is 1. The van der Waals surface area contributed by atoms with Crippen LogP contribution in [0.1, 0.15) is 0 Å². The first kappa shape index (κ1) is 16.2. The fourth-order valence-electron chi connectivity index (χ4n) is 3.50. The summed E-state index contributed by atoms with van der Waals surface area (Å²) in [6.45, 7) is 0. The number of ether oxygens (including phenoxy) is 1. The Bertz CT molecular complexity index is 1140. The van der Waals surface area contributed by atoms with Gasteiger partial charge in [0.2, 0.25) is 0 Å². The molecule has 3 nitrogen and oxygen atoms in total. The van der Waals surface area contributed by atoms with Gasteiger partial charge >= 0.3 is 0 Å². The van der Waals surface area contributed by atoms with Gasteiger partial charge in [-0.05, 0) is 17.7 Å². The van der Waals surface area contributed by atoms with Gasteiger partial charge in [0.25, 0.3) is 5.56 Å². The lowest BCUT2D eigenvalue weighted by atomic mass is 9.91. The largest absolute Gasteiger partial charge is 0.496 e. The van der Waals surface area contributed by atoms with Crippen molar-refractivity contribution in [3.8, 4) is 28.0 Å². The molecular formula is C23H19NO2. The number of nitrogens with zero attached hydrogens (tertiary/aromatic N) is 1. The molecule has 0 atom stereocenters. The van der Waals surface area contributed by atoms with Crippen LogP contribution in [0.5, 0.6) is 5.75 Å². The second-order valence-electron chi connectivity index (χ2n) is 6.20. The number of aryl methyl sites for hydroxylation is 1. The van der Waals surface area contributed by atoms with Crippen molar-refractivity contribution in [1.29, 1.82) is 0 Å². The van der Waals surface area contributed by atoms with E-state index in [1.54, 1.807) is 11.7 Å². The molecule has 0 fully saturated rings. The van der Waals surface area contributed by atoms with Gasteiger partial charge in [-0.15, -0.1) is 0 Å². The molecule has 0 bridgehead atoms. The smallest absolute Gasteiger partial charge is 0.259 e. The second-order valence-corrected chi connectivity index (χ2v) is 6.20. The number of hydrogen-bond donors (Lipinski definition) is 0. The summed E-state index contributed by atoms with van der Waals surface area (Å²) < 4.78 is 7.32. The number of hydrogen-bond acceptors (Lipinski definition) is 2. The van der Waals surface area contributed by atoms with Crippen LogP contribution in [-0.2, 0) is 7.05 Å². The molecule has 128 valence electrons. The van der Waals surface area contributed by atoms with Crippen molar-refractivity contribution in [2.45, 2.75) is 0 Å². The van der Waals surface area contributed by atoms with E-state index in [2.05, 4.69) is 6.07 Å². The van der Waals surface area contributed by atoms with E-state index in [4.69, 9.17) is 4.74 Å². The summed E-state index contributed by atoms with van der Waals surface area (Å²) >= 11 is 0. The molecule has 1 aromatic heterocycles. The van der Waals surface area contributed by atoms with E-state index in [-0.39, 0.29) is 5.56 Å². The number of fused-ring (bicyclic) bond motifs is 1. The normalized spacial score (nSPS) is 10.8. The van der Waals surface area contributed by atoms with E-state index in [0.717, 1.165) is 33.3 Å². The van der Waals surface area contributed by atoms with Crippen LogP contribution >= 0.6 is 0 Å². The van der Waals surface area contributed by atoms with E-state index in [9.17, 15) is 4.79 Å². The molecule has 0 saturated carbocycles. The maximum absolute atomic E-state index is 13.3. The van der Waals surface area contributed by atoms with Gasteiger partial charge in [-0.2, -0.15) is 0 Å². The average molecular weight is 341 g/mol. The highest BCUT2D eigenvalue weighted by Crippen LogP contribution is 2.39. The summed E-state index contributed by atoms with van der Waals surface area (Å²) in [5.74, 6) is 0.753. The Morgan fingerprint density at radius 1 is 0.769 bits per heavy atom. The Balaban J connectivity index is 2.24. The lowest BCUT2D eigenvalue weighted by Crippen LogP contribution is -2.20. The van der Waals surface area contributed by atoms with Crippen LogP contribution in [0.15, 0.2) is 83.7 Å². The Morgan fingerprint density at radius 2 is 1.42 bits per heavy atom. The van der Waals surface area contributed by atoms with Crippen molar-refractivity contribution in [3.05, 3.63) is 89.2 Å². The van der Waals surface area contributed by atoms with Crippen LogP contribution in [0.3, 0.4) is 0 Å². The van der Waals surface area contributed by atoms with Crippen LogP contribution in [0.2, 0.25) is 0 Å². The molecule has 0 spiro atoms. The van der Waals surface area contributed by atoms with Gasteiger partial charge in [0, 0.05) is 23.6 Å². The first-order chi connectivity index (χ1) is 12.7. The molecule has 26 heavy (non-hydrogen) atoms.